The first-order valence-electron chi connectivity index (χ1n) is 7.27. The molecule has 0 bridgehead atoms. The molecule has 5 nitrogen and oxygen atoms in total. The molecule has 2 aliphatic heterocycles. The lowest BCUT2D eigenvalue weighted by atomic mass is 9.75. The Morgan fingerprint density at radius 1 is 1.33 bits per heavy atom. The molecule has 1 atom stereocenters. The predicted octanol–water partition coefficient (Wildman–Crippen LogP) is 1.85. The van der Waals surface area contributed by atoms with E-state index in [-0.39, 0.29) is 17.2 Å². The summed E-state index contributed by atoms with van der Waals surface area (Å²) in [4.78, 5) is 24.2. The Kier molecular flexibility index (Phi) is 2.97. The van der Waals surface area contributed by atoms with E-state index in [1.165, 1.54) is 0 Å². The van der Waals surface area contributed by atoms with E-state index in [0.717, 1.165) is 16.9 Å². The van der Waals surface area contributed by atoms with Crippen molar-refractivity contribution in [3.05, 3.63) is 23.8 Å². The number of carbonyl (C=O) groups is 2. The van der Waals surface area contributed by atoms with Crippen molar-refractivity contribution in [1.82, 2.24) is 5.32 Å². The van der Waals surface area contributed by atoms with Crippen molar-refractivity contribution in [2.24, 2.45) is 5.41 Å². The zero-order valence-electron chi connectivity index (χ0n) is 12.7. The quantitative estimate of drug-likeness (QED) is 0.777. The Hall–Kier alpha value is -2.04. The monoisotopic (exact) mass is 287 g/mol. The van der Waals surface area contributed by atoms with Gasteiger partial charge in [-0.1, -0.05) is 26.8 Å². The second kappa shape index (κ2) is 4.48. The van der Waals surface area contributed by atoms with Gasteiger partial charge >= 0.3 is 0 Å². The van der Waals surface area contributed by atoms with Crippen molar-refractivity contribution in [2.75, 3.05) is 23.7 Å². The molecule has 1 aromatic rings. The van der Waals surface area contributed by atoms with Gasteiger partial charge in [-0.3, -0.25) is 9.59 Å². The summed E-state index contributed by atoms with van der Waals surface area (Å²) in [5.74, 6) is 0.0159. The molecule has 0 saturated heterocycles. The third-order valence-electron chi connectivity index (χ3n) is 4.25. The summed E-state index contributed by atoms with van der Waals surface area (Å²) >= 11 is 0. The van der Waals surface area contributed by atoms with Crippen LogP contribution in [0.4, 0.5) is 11.4 Å². The minimum atomic E-state index is -0.429. The Morgan fingerprint density at radius 3 is 2.76 bits per heavy atom. The molecular weight excluding hydrogens is 266 g/mol. The van der Waals surface area contributed by atoms with Gasteiger partial charge in [0.05, 0.1) is 0 Å². The maximum atomic E-state index is 12.1. The molecule has 1 unspecified atom stereocenters. The van der Waals surface area contributed by atoms with E-state index < -0.39 is 5.41 Å². The molecule has 2 aliphatic rings. The summed E-state index contributed by atoms with van der Waals surface area (Å²) in [6.07, 6.45) is 0.397. The molecule has 0 aliphatic carbocycles. The fourth-order valence-electron chi connectivity index (χ4n) is 3.11. The summed E-state index contributed by atoms with van der Waals surface area (Å²) in [5.41, 5.74) is 2.27. The lowest BCUT2D eigenvalue weighted by Crippen LogP contribution is -2.49. The van der Waals surface area contributed by atoms with Crippen LogP contribution < -0.4 is 16.0 Å². The minimum absolute atomic E-state index is 0.00774. The van der Waals surface area contributed by atoms with Crippen LogP contribution in [0, 0.1) is 5.41 Å². The van der Waals surface area contributed by atoms with Gasteiger partial charge in [0.2, 0.25) is 11.8 Å². The smallest absolute Gasteiger partial charge is 0.225 e. The van der Waals surface area contributed by atoms with Gasteiger partial charge in [0.1, 0.15) is 0 Å². The van der Waals surface area contributed by atoms with Crippen molar-refractivity contribution in [1.29, 1.82) is 0 Å². The van der Waals surface area contributed by atoms with E-state index >= 15 is 0 Å². The molecule has 112 valence electrons. The molecule has 3 N–H and O–H groups in total. The highest BCUT2D eigenvalue weighted by Crippen LogP contribution is 2.46. The largest absolute Gasteiger partial charge is 0.384 e. The summed E-state index contributed by atoms with van der Waals surface area (Å²) in [7, 11) is 0. The molecule has 3 rings (SSSR count). The first kappa shape index (κ1) is 13.9. The van der Waals surface area contributed by atoms with E-state index in [9.17, 15) is 9.59 Å². The molecule has 0 radical (unpaired) electrons. The lowest BCUT2D eigenvalue weighted by Gasteiger charge is -2.35. The summed E-state index contributed by atoms with van der Waals surface area (Å²) in [5, 5.41) is 9.30. The highest BCUT2D eigenvalue weighted by atomic mass is 16.2. The average molecular weight is 287 g/mol. The van der Waals surface area contributed by atoms with E-state index in [2.05, 4.69) is 16.0 Å². The third kappa shape index (κ3) is 2.26. The predicted molar refractivity (Wildman–Crippen MR) is 82.3 cm³/mol. The Bertz CT molecular complexity index is 618. The Morgan fingerprint density at radius 2 is 2.05 bits per heavy atom. The third-order valence-corrected chi connectivity index (χ3v) is 4.25. The van der Waals surface area contributed by atoms with Gasteiger partial charge in [0.25, 0.3) is 0 Å². The van der Waals surface area contributed by atoms with E-state index in [4.69, 9.17) is 0 Å². The van der Waals surface area contributed by atoms with Crippen LogP contribution in [0.5, 0.6) is 0 Å². The van der Waals surface area contributed by atoms with Gasteiger partial charge in [0, 0.05) is 47.3 Å². The average Bonchev–Trinajstić information content (AvgIpc) is 2.76. The number of benzene rings is 1. The first-order valence-corrected chi connectivity index (χ1v) is 7.27. The van der Waals surface area contributed by atoms with Crippen LogP contribution in [-0.2, 0) is 15.0 Å². The summed E-state index contributed by atoms with van der Waals surface area (Å²) < 4.78 is 0. The molecule has 2 heterocycles. The summed E-state index contributed by atoms with van der Waals surface area (Å²) in [6, 6.07) is 5.86. The van der Waals surface area contributed by atoms with Gasteiger partial charge < -0.3 is 16.0 Å². The van der Waals surface area contributed by atoms with E-state index in [0.29, 0.717) is 19.5 Å². The highest BCUT2D eigenvalue weighted by Gasteiger charge is 2.46. The van der Waals surface area contributed by atoms with Crippen LogP contribution in [-0.4, -0.2) is 24.9 Å². The summed E-state index contributed by atoms with van der Waals surface area (Å²) in [6.45, 7) is 6.82. The van der Waals surface area contributed by atoms with Crippen molar-refractivity contribution >= 4 is 23.2 Å². The number of hydrogen-bond donors (Lipinski definition) is 3. The van der Waals surface area contributed by atoms with Crippen molar-refractivity contribution in [3.8, 4) is 0 Å². The second-order valence-electron chi connectivity index (χ2n) is 7.02. The molecule has 5 heteroatoms. The van der Waals surface area contributed by atoms with Crippen LogP contribution in [0.15, 0.2) is 18.2 Å². The molecule has 0 aromatic heterocycles. The maximum Gasteiger partial charge on any atom is 0.225 e. The zero-order chi connectivity index (χ0) is 15.3. The number of anilines is 2. The van der Waals surface area contributed by atoms with Gasteiger partial charge in [-0.2, -0.15) is 0 Å². The number of amides is 2. The highest BCUT2D eigenvalue weighted by molar-refractivity contribution is 5.98. The fraction of sp³-hybridized carbons (Fsp3) is 0.500. The van der Waals surface area contributed by atoms with Crippen LogP contribution in [0.3, 0.4) is 0 Å². The Balaban J connectivity index is 1.91. The molecule has 0 spiro atoms. The van der Waals surface area contributed by atoms with E-state index in [1.54, 1.807) is 0 Å². The molecule has 0 saturated carbocycles. The van der Waals surface area contributed by atoms with E-state index in [1.807, 2.05) is 39.0 Å². The number of rotatable bonds is 2. The van der Waals surface area contributed by atoms with Crippen LogP contribution in [0.25, 0.3) is 0 Å². The van der Waals surface area contributed by atoms with Crippen LogP contribution in [0.2, 0.25) is 0 Å². The molecule has 0 fully saturated rings. The van der Waals surface area contributed by atoms with Crippen LogP contribution >= 0.6 is 0 Å². The van der Waals surface area contributed by atoms with Gasteiger partial charge in [-0.15, -0.1) is 0 Å². The standard InChI is InChI=1S/C16H21N3O2/c1-15(2,3)14(21)18-9-16-7-12(20)19-11-6-4-5-10(13(11)16)17-8-16/h4-6,17H,7-9H2,1-3H3,(H,18,21)(H,19,20). The first-order chi connectivity index (χ1) is 9.82. The molecule has 1 aromatic carbocycles. The lowest BCUT2D eigenvalue weighted by molar-refractivity contribution is -0.129. The van der Waals surface area contributed by atoms with Gasteiger partial charge in [-0.25, -0.2) is 0 Å². The van der Waals surface area contributed by atoms with Crippen LogP contribution in [0.1, 0.15) is 32.8 Å². The number of nitrogens with one attached hydrogen (secondary N) is 3. The van der Waals surface area contributed by atoms with Crippen molar-refractivity contribution in [3.63, 3.8) is 0 Å². The number of hydrogen-bond acceptors (Lipinski definition) is 3. The van der Waals surface area contributed by atoms with Crippen molar-refractivity contribution < 1.29 is 9.59 Å². The molecular formula is C16H21N3O2. The van der Waals surface area contributed by atoms with Gasteiger partial charge in [0.15, 0.2) is 0 Å². The molecule has 2 amide bonds. The van der Waals surface area contributed by atoms with Gasteiger partial charge in [-0.05, 0) is 12.1 Å². The normalized spacial score (nSPS) is 23.1. The topological polar surface area (TPSA) is 70.2 Å². The number of carbonyl (C=O) groups excluding carboxylic acids is 2. The molecule has 21 heavy (non-hydrogen) atoms. The minimum Gasteiger partial charge on any atom is -0.384 e. The van der Waals surface area contributed by atoms with Crippen molar-refractivity contribution in [2.45, 2.75) is 32.6 Å². The maximum absolute atomic E-state index is 12.1. The second-order valence-corrected chi connectivity index (χ2v) is 7.02. The fourth-order valence-corrected chi connectivity index (χ4v) is 3.11. The zero-order valence-corrected chi connectivity index (χ0v) is 12.7. The Labute approximate surface area is 124 Å². The SMILES string of the molecule is CC(C)(C)C(=O)NCC12CNc3cccc(c31)NC(=O)C2.